The van der Waals surface area contributed by atoms with E-state index in [9.17, 15) is 0 Å². The van der Waals surface area contributed by atoms with Gasteiger partial charge >= 0.3 is 0 Å². The Morgan fingerprint density at radius 2 is 2.32 bits per heavy atom. The maximum absolute atomic E-state index is 8.94. The fraction of sp³-hybridized carbons (Fsp3) is 0.231. The molecule has 2 N–H and O–H groups in total. The van der Waals surface area contributed by atoms with Crippen LogP contribution in [0.2, 0.25) is 0 Å². The minimum Gasteiger partial charge on any atom is -0.496 e. The number of methoxy groups -OCH3 is 1. The van der Waals surface area contributed by atoms with Gasteiger partial charge in [0.05, 0.1) is 28.6 Å². The SMILES string of the molecule is COc1ccc(C#N)cc1CSc1sc(N)nc1C. The van der Waals surface area contributed by atoms with Crippen LogP contribution in [0.15, 0.2) is 22.4 Å². The van der Waals surface area contributed by atoms with Crippen LogP contribution in [0.25, 0.3) is 0 Å². The van der Waals surface area contributed by atoms with Gasteiger partial charge in [-0.05, 0) is 25.1 Å². The summed E-state index contributed by atoms with van der Waals surface area (Å²) in [6, 6.07) is 7.57. The number of aryl methyl sites for hydroxylation is 1. The predicted molar refractivity (Wildman–Crippen MR) is 78.5 cm³/mol. The van der Waals surface area contributed by atoms with Crippen LogP contribution in [0.3, 0.4) is 0 Å². The van der Waals surface area contributed by atoms with Crippen molar-refractivity contribution in [1.82, 2.24) is 4.98 Å². The third kappa shape index (κ3) is 3.19. The molecule has 0 aliphatic rings. The fourth-order valence-corrected chi connectivity index (χ4v) is 3.64. The number of rotatable bonds is 4. The van der Waals surface area contributed by atoms with Crippen LogP contribution in [-0.2, 0) is 5.75 Å². The molecule has 19 heavy (non-hydrogen) atoms. The third-order valence-electron chi connectivity index (χ3n) is 2.54. The van der Waals surface area contributed by atoms with E-state index < -0.39 is 0 Å². The van der Waals surface area contributed by atoms with Gasteiger partial charge in [-0.3, -0.25) is 0 Å². The topological polar surface area (TPSA) is 71.9 Å². The van der Waals surface area contributed by atoms with E-state index >= 15 is 0 Å². The largest absolute Gasteiger partial charge is 0.496 e. The zero-order valence-electron chi connectivity index (χ0n) is 10.6. The molecular formula is C13H13N3OS2. The molecule has 0 atom stereocenters. The second kappa shape index (κ2) is 5.95. The average Bonchev–Trinajstić information content (AvgIpc) is 2.74. The van der Waals surface area contributed by atoms with E-state index in [0.29, 0.717) is 10.7 Å². The lowest BCUT2D eigenvalue weighted by molar-refractivity contribution is 0.411. The van der Waals surface area contributed by atoms with Crippen molar-refractivity contribution in [3.05, 3.63) is 35.0 Å². The lowest BCUT2D eigenvalue weighted by atomic mass is 10.1. The predicted octanol–water partition coefficient (Wildman–Crippen LogP) is 3.21. The number of nitrogen functional groups attached to an aromatic ring is 1. The molecule has 0 bridgehead atoms. The number of benzene rings is 1. The summed E-state index contributed by atoms with van der Waals surface area (Å²) < 4.78 is 6.41. The molecule has 98 valence electrons. The lowest BCUT2D eigenvalue weighted by Crippen LogP contribution is -1.91. The van der Waals surface area contributed by atoms with Gasteiger partial charge in [-0.2, -0.15) is 5.26 Å². The highest BCUT2D eigenvalue weighted by molar-refractivity contribution is 8.00. The normalized spacial score (nSPS) is 10.2. The number of hydrogen-bond donors (Lipinski definition) is 1. The molecule has 4 nitrogen and oxygen atoms in total. The van der Waals surface area contributed by atoms with Gasteiger partial charge in [-0.1, -0.05) is 11.3 Å². The molecular weight excluding hydrogens is 278 g/mol. The number of ether oxygens (including phenoxy) is 1. The monoisotopic (exact) mass is 291 g/mol. The molecule has 0 aliphatic heterocycles. The Hall–Kier alpha value is -1.71. The molecule has 2 aromatic rings. The number of thioether (sulfide) groups is 1. The quantitative estimate of drug-likeness (QED) is 0.876. The zero-order valence-corrected chi connectivity index (χ0v) is 12.3. The standard InChI is InChI=1S/C13H13N3OS2/c1-8-12(19-13(15)16-8)18-7-10-5-9(6-14)3-4-11(10)17-2/h3-5H,7H2,1-2H3,(H2,15,16). The van der Waals surface area contributed by atoms with Gasteiger partial charge in [-0.15, -0.1) is 11.8 Å². The van der Waals surface area contributed by atoms with Crippen molar-refractivity contribution < 1.29 is 4.74 Å². The lowest BCUT2D eigenvalue weighted by Gasteiger charge is -2.08. The van der Waals surface area contributed by atoms with Crippen LogP contribution in [0.4, 0.5) is 5.13 Å². The molecule has 0 radical (unpaired) electrons. The first-order valence-electron chi connectivity index (χ1n) is 5.56. The van der Waals surface area contributed by atoms with Crippen LogP contribution in [-0.4, -0.2) is 12.1 Å². The molecule has 0 amide bonds. The Balaban J connectivity index is 2.19. The number of nitrogens with two attached hydrogens (primary N) is 1. The van der Waals surface area contributed by atoms with Crippen molar-refractivity contribution >= 4 is 28.2 Å². The van der Waals surface area contributed by atoms with Gasteiger partial charge in [0, 0.05) is 11.3 Å². The molecule has 1 heterocycles. The van der Waals surface area contributed by atoms with Crippen LogP contribution in [0.5, 0.6) is 5.75 Å². The molecule has 0 saturated carbocycles. The highest BCUT2D eigenvalue weighted by atomic mass is 32.2. The maximum Gasteiger partial charge on any atom is 0.181 e. The van der Waals surface area contributed by atoms with E-state index in [1.807, 2.05) is 19.1 Å². The molecule has 1 aromatic carbocycles. The zero-order chi connectivity index (χ0) is 13.8. The summed E-state index contributed by atoms with van der Waals surface area (Å²) in [4.78, 5) is 4.19. The number of aromatic nitrogens is 1. The number of anilines is 1. The number of nitrogens with zero attached hydrogens (tertiary/aromatic N) is 2. The van der Waals surface area contributed by atoms with Gasteiger partial charge in [0.2, 0.25) is 0 Å². The van der Waals surface area contributed by atoms with E-state index in [0.717, 1.165) is 27.0 Å². The van der Waals surface area contributed by atoms with Crippen molar-refractivity contribution in [3.8, 4) is 11.8 Å². The highest BCUT2D eigenvalue weighted by Crippen LogP contribution is 2.34. The Morgan fingerprint density at radius 3 is 2.89 bits per heavy atom. The Bertz CT molecular complexity index is 631. The van der Waals surface area contributed by atoms with E-state index in [2.05, 4.69) is 11.1 Å². The van der Waals surface area contributed by atoms with Crippen molar-refractivity contribution in [2.24, 2.45) is 0 Å². The number of nitriles is 1. The maximum atomic E-state index is 8.94. The number of hydrogen-bond acceptors (Lipinski definition) is 6. The second-order valence-electron chi connectivity index (χ2n) is 3.85. The summed E-state index contributed by atoms with van der Waals surface area (Å²) >= 11 is 3.14. The molecule has 0 saturated heterocycles. The summed E-state index contributed by atoms with van der Waals surface area (Å²) in [5, 5.41) is 9.52. The van der Waals surface area contributed by atoms with Crippen molar-refractivity contribution in [2.45, 2.75) is 16.9 Å². The van der Waals surface area contributed by atoms with Gasteiger partial charge in [-0.25, -0.2) is 4.98 Å². The first-order valence-corrected chi connectivity index (χ1v) is 7.37. The van der Waals surface area contributed by atoms with Crippen LogP contribution >= 0.6 is 23.1 Å². The smallest absolute Gasteiger partial charge is 0.181 e. The van der Waals surface area contributed by atoms with E-state index in [4.69, 9.17) is 15.7 Å². The Kier molecular flexibility index (Phi) is 4.30. The minimum absolute atomic E-state index is 0.581. The summed E-state index contributed by atoms with van der Waals surface area (Å²) in [6.07, 6.45) is 0. The van der Waals surface area contributed by atoms with E-state index in [1.165, 1.54) is 11.3 Å². The van der Waals surface area contributed by atoms with E-state index in [-0.39, 0.29) is 0 Å². The Labute approximate surface area is 120 Å². The molecule has 1 aromatic heterocycles. The average molecular weight is 291 g/mol. The number of thiazole rings is 1. The summed E-state index contributed by atoms with van der Waals surface area (Å²) in [6.45, 7) is 1.94. The molecule has 0 unspecified atom stereocenters. The van der Waals surface area contributed by atoms with Gasteiger partial charge in [0.1, 0.15) is 5.75 Å². The summed E-state index contributed by atoms with van der Waals surface area (Å²) in [7, 11) is 1.63. The van der Waals surface area contributed by atoms with Crippen molar-refractivity contribution in [1.29, 1.82) is 5.26 Å². The molecule has 6 heteroatoms. The van der Waals surface area contributed by atoms with E-state index in [1.54, 1.807) is 24.9 Å². The molecule has 2 rings (SSSR count). The summed E-state index contributed by atoms with van der Waals surface area (Å²) in [5.74, 6) is 1.52. The third-order valence-corrected chi connectivity index (χ3v) is 4.94. The molecule has 0 fully saturated rings. The fourth-order valence-electron chi connectivity index (χ4n) is 1.64. The molecule has 0 aliphatic carbocycles. The summed E-state index contributed by atoms with van der Waals surface area (Å²) in [5.41, 5.74) is 8.26. The van der Waals surface area contributed by atoms with Gasteiger partial charge in [0.15, 0.2) is 5.13 Å². The highest BCUT2D eigenvalue weighted by Gasteiger charge is 2.09. The first-order chi connectivity index (χ1) is 9.13. The van der Waals surface area contributed by atoms with Crippen LogP contribution in [0, 0.1) is 18.3 Å². The minimum atomic E-state index is 0.581. The molecule has 0 spiro atoms. The second-order valence-corrected chi connectivity index (χ2v) is 6.13. The first kappa shape index (κ1) is 13.7. The van der Waals surface area contributed by atoms with Gasteiger partial charge < -0.3 is 10.5 Å². The van der Waals surface area contributed by atoms with Gasteiger partial charge in [0.25, 0.3) is 0 Å². The van der Waals surface area contributed by atoms with Crippen molar-refractivity contribution in [2.75, 3.05) is 12.8 Å². The van der Waals surface area contributed by atoms with Crippen molar-refractivity contribution in [3.63, 3.8) is 0 Å². The van der Waals surface area contributed by atoms with Crippen LogP contribution in [0.1, 0.15) is 16.8 Å². The van der Waals surface area contributed by atoms with Crippen LogP contribution < -0.4 is 10.5 Å². The Morgan fingerprint density at radius 1 is 1.53 bits per heavy atom.